The van der Waals surface area contributed by atoms with Crippen LogP contribution in [0.5, 0.6) is 23.0 Å². The molecule has 0 aromatic heterocycles. The van der Waals surface area contributed by atoms with E-state index < -0.39 is 0 Å². The number of fused-ring (bicyclic) bond motifs is 8. The second-order valence-electron chi connectivity index (χ2n) is 12.1. The van der Waals surface area contributed by atoms with Crippen molar-refractivity contribution < 1.29 is 9.47 Å². The van der Waals surface area contributed by atoms with Gasteiger partial charge < -0.3 is 14.4 Å². The van der Waals surface area contributed by atoms with Crippen molar-refractivity contribution in [2.24, 2.45) is 0 Å². The van der Waals surface area contributed by atoms with Gasteiger partial charge in [0, 0.05) is 33.5 Å². The average molecular weight is 553 g/mol. The van der Waals surface area contributed by atoms with Crippen LogP contribution in [0.2, 0.25) is 0 Å². The molecule has 0 bridgehead atoms. The average Bonchev–Trinajstić information content (AvgIpc) is 3.27. The lowest BCUT2D eigenvalue weighted by molar-refractivity contribution is 0.463. The van der Waals surface area contributed by atoms with Crippen LogP contribution in [-0.2, 0) is 5.41 Å². The lowest BCUT2D eigenvalue weighted by Gasteiger charge is -2.35. The van der Waals surface area contributed by atoms with Gasteiger partial charge in [-0.15, -0.1) is 0 Å². The molecule has 2 aliphatic heterocycles. The Hall–Kier alpha value is -5.22. The van der Waals surface area contributed by atoms with Crippen molar-refractivity contribution in [1.29, 1.82) is 0 Å². The first-order chi connectivity index (χ1) is 21.1. The standard InChI is InChI=1S/C39H28BNO2/c1-39(2)29-23-27(41(25-13-5-3-6-14-25)26-15-7-4-8-16-26)21-22-28(29)36-30(39)24-35-37-38(36)43-34-20-12-10-18-32(34)40(37)31-17-9-11-19-33(31)42-35/h3-24H,1-2H3. The molecule has 0 N–H and O–H groups in total. The van der Waals surface area contributed by atoms with Gasteiger partial charge in [0.2, 0.25) is 0 Å². The van der Waals surface area contributed by atoms with Gasteiger partial charge in [-0.2, -0.15) is 0 Å². The summed E-state index contributed by atoms with van der Waals surface area (Å²) in [4.78, 5) is 2.33. The van der Waals surface area contributed by atoms with Crippen molar-refractivity contribution in [2.75, 3.05) is 4.90 Å². The van der Waals surface area contributed by atoms with Crippen LogP contribution in [0.4, 0.5) is 17.1 Å². The largest absolute Gasteiger partial charge is 0.458 e. The molecular formula is C39H28BNO2. The smallest absolute Gasteiger partial charge is 0.260 e. The second kappa shape index (κ2) is 8.89. The van der Waals surface area contributed by atoms with E-state index in [9.17, 15) is 0 Å². The molecule has 3 aliphatic rings. The molecule has 2 heterocycles. The zero-order valence-electron chi connectivity index (χ0n) is 24.0. The van der Waals surface area contributed by atoms with Gasteiger partial charge >= 0.3 is 0 Å². The Balaban J connectivity index is 1.27. The van der Waals surface area contributed by atoms with E-state index in [4.69, 9.17) is 9.47 Å². The molecule has 43 heavy (non-hydrogen) atoms. The minimum Gasteiger partial charge on any atom is -0.458 e. The summed E-state index contributed by atoms with van der Waals surface area (Å²) in [6.07, 6.45) is 0. The predicted molar refractivity (Wildman–Crippen MR) is 176 cm³/mol. The van der Waals surface area contributed by atoms with Gasteiger partial charge in [-0.05, 0) is 82.2 Å². The van der Waals surface area contributed by atoms with Gasteiger partial charge in [-0.3, -0.25) is 0 Å². The maximum absolute atomic E-state index is 6.86. The van der Waals surface area contributed by atoms with Gasteiger partial charge in [0.25, 0.3) is 6.71 Å². The van der Waals surface area contributed by atoms with E-state index in [0.29, 0.717) is 0 Å². The Morgan fingerprint density at radius 2 is 1.12 bits per heavy atom. The summed E-state index contributed by atoms with van der Waals surface area (Å²) in [6.45, 7) is 4.70. The van der Waals surface area contributed by atoms with Gasteiger partial charge in [0.05, 0.1) is 0 Å². The third kappa shape index (κ3) is 3.44. The molecule has 6 aromatic rings. The quantitative estimate of drug-likeness (QED) is 0.206. The molecule has 0 saturated carbocycles. The minimum atomic E-state index is -0.263. The van der Waals surface area contributed by atoms with Crippen molar-refractivity contribution >= 4 is 40.2 Å². The highest BCUT2D eigenvalue weighted by Crippen LogP contribution is 2.56. The fourth-order valence-electron chi connectivity index (χ4n) is 7.36. The van der Waals surface area contributed by atoms with Crippen LogP contribution < -0.4 is 30.8 Å². The molecule has 1 aliphatic carbocycles. The molecule has 0 fully saturated rings. The lowest BCUT2D eigenvalue weighted by atomic mass is 9.34. The molecule has 0 radical (unpaired) electrons. The van der Waals surface area contributed by atoms with Crippen molar-refractivity contribution in [3.05, 3.63) is 145 Å². The van der Waals surface area contributed by atoms with E-state index in [1.165, 1.54) is 33.2 Å². The van der Waals surface area contributed by atoms with Gasteiger partial charge in [0.1, 0.15) is 23.0 Å². The van der Waals surface area contributed by atoms with E-state index >= 15 is 0 Å². The SMILES string of the molecule is CC1(C)c2cc(N(c3ccccc3)c3ccccc3)ccc2-c2c1cc1c3c2Oc2ccccc2B3c2ccccc2O1. The summed E-state index contributed by atoms with van der Waals surface area (Å²) < 4.78 is 13.5. The lowest BCUT2D eigenvalue weighted by Crippen LogP contribution is -2.57. The Labute approximate surface area is 252 Å². The Morgan fingerprint density at radius 1 is 0.535 bits per heavy atom. The monoisotopic (exact) mass is 553 g/mol. The van der Waals surface area contributed by atoms with E-state index in [1.807, 2.05) is 0 Å². The fraction of sp³-hybridized carbons (Fsp3) is 0.0769. The Kier molecular flexibility index (Phi) is 5.04. The third-order valence-corrected chi connectivity index (χ3v) is 9.37. The molecule has 0 unspecified atom stereocenters. The van der Waals surface area contributed by atoms with Crippen LogP contribution >= 0.6 is 0 Å². The van der Waals surface area contributed by atoms with Crippen molar-refractivity contribution in [3.8, 4) is 34.1 Å². The highest BCUT2D eigenvalue weighted by molar-refractivity contribution is 6.98. The number of anilines is 3. The molecule has 3 nitrogen and oxygen atoms in total. The summed E-state index contributed by atoms with van der Waals surface area (Å²) in [5, 5.41) is 0. The van der Waals surface area contributed by atoms with Crippen LogP contribution in [0.15, 0.2) is 133 Å². The van der Waals surface area contributed by atoms with Crippen LogP contribution in [0.3, 0.4) is 0 Å². The summed E-state index contributed by atoms with van der Waals surface area (Å²) >= 11 is 0. The molecule has 0 atom stereocenters. The number of hydrogen-bond acceptors (Lipinski definition) is 3. The van der Waals surface area contributed by atoms with E-state index in [2.05, 4.69) is 152 Å². The van der Waals surface area contributed by atoms with Crippen LogP contribution in [-0.4, -0.2) is 6.71 Å². The number of benzene rings is 6. The molecule has 0 saturated heterocycles. The van der Waals surface area contributed by atoms with Crippen LogP contribution in [0.1, 0.15) is 25.0 Å². The van der Waals surface area contributed by atoms with E-state index in [1.54, 1.807) is 0 Å². The highest BCUT2D eigenvalue weighted by Gasteiger charge is 2.46. The number of rotatable bonds is 3. The molecule has 4 heteroatoms. The number of ether oxygens (including phenoxy) is 2. The molecule has 204 valence electrons. The van der Waals surface area contributed by atoms with Crippen molar-refractivity contribution in [1.82, 2.24) is 0 Å². The first-order valence-corrected chi connectivity index (χ1v) is 14.9. The number of hydrogen-bond donors (Lipinski definition) is 0. The summed E-state index contributed by atoms with van der Waals surface area (Å²) in [5.74, 6) is 3.65. The zero-order chi connectivity index (χ0) is 28.7. The summed E-state index contributed by atoms with van der Waals surface area (Å²) in [7, 11) is 0. The number of nitrogens with zero attached hydrogens (tertiary/aromatic N) is 1. The molecule has 0 spiro atoms. The fourth-order valence-corrected chi connectivity index (χ4v) is 7.36. The first kappa shape index (κ1) is 24.4. The predicted octanol–water partition coefficient (Wildman–Crippen LogP) is 8.19. The zero-order valence-corrected chi connectivity index (χ0v) is 24.0. The summed E-state index contributed by atoms with van der Waals surface area (Å²) in [6, 6.07) is 47.2. The third-order valence-electron chi connectivity index (χ3n) is 9.37. The Bertz CT molecular complexity index is 2020. The maximum Gasteiger partial charge on any atom is 0.260 e. The molecule has 0 amide bonds. The van der Waals surface area contributed by atoms with Gasteiger partial charge in [-0.25, -0.2) is 0 Å². The maximum atomic E-state index is 6.86. The van der Waals surface area contributed by atoms with Crippen molar-refractivity contribution in [2.45, 2.75) is 19.3 Å². The molecular weight excluding hydrogens is 525 g/mol. The number of para-hydroxylation sites is 4. The molecule has 9 rings (SSSR count). The van der Waals surface area contributed by atoms with Gasteiger partial charge in [-0.1, -0.05) is 92.7 Å². The topological polar surface area (TPSA) is 21.7 Å². The normalized spacial score (nSPS) is 14.3. The van der Waals surface area contributed by atoms with Crippen LogP contribution in [0, 0.1) is 0 Å². The second-order valence-corrected chi connectivity index (χ2v) is 12.1. The van der Waals surface area contributed by atoms with Gasteiger partial charge in [0.15, 0.2) is 0 Å². The van der Waals surface area contributed by atoms with E-state index in [0.717, 1.165) is 45.5 Å². The Morgan fingerprint density at radius 3 is 1.77 bits per heavy atom. The van der Waals surface area contributed by atoms with E-state index in [-0.39, 0.29) is 12.1 Å². The van der Waals surface area contributed by atoms with Crippen molar-refractivity contribution in [3.63, 3.8) is 0 Å². The molecule has 6 aromatic carbocycles. The first-order valence-electron chi connectivity index (χ1n) is 14.9. The minimum absolute atomic E-state index is 0.0586. The summed E-state index contributed by atoms with van der Waals surface area (Å²) in [5.41, 5.74) is 11.5. The highest BCUT2D eigenvalue weighted by atomic mass is 16.5. The van der Waals surface area contributed by atoms with Crippen LogP contribution in [0.25, 0.3) is 11.1 Å².